The maximum absolute atomic E-state index is 5.96. The highest BCUT2D eigenvalue weighted by molar-refractivity contribution is 5.54. The Labute approximate surface area is 115 Å². The van der Waals surface area contributed by atoms with Crippen molar-refractivity contribution in [1.29, 1.82) is 0 Å². The van der Waals surface area contributed by atoms with Gasteiger partial charge in [-0.3, -0.25) is 0 Å². The molecule has 1 aromatic rings. The van der Waals surface area contributed by atoms with E-state index in [4.69, 9.17) is 10.5 Å². The number of hydrogen-bond donors (Lipinski definition) is 2. The minimum atomic E-state index is 0.284. The van der Waals surface area contributed by atoms with Crippen LogP contribution >= 0.6 is 0 Å². The van der Waals surface area contributed by atoms with Crippen molar-refractivity contribution in [3.63, 3.8) is 0 Å². The lowest BCUT2D eigenvalue weighted by Crippen LogP contribution is -2.23. The first kappa shape index (κ1) is 14.1. The predicted molar refractivity (Wildman–Crippen MR) is 77.3 cm³/mol. The Kier molecular flexibility index (Phi) is 4.58. The third-order valence-corrected chi connectivity index (χ3v) is 3.62. The Morgan fingerprint density at radius 2 is 2.00 bits per heavy atom. The van der Waals surface area contributed by atoms with Crippen LogP contribution in [0.25, 0.3) is 0 Å². The monoisotopic (exact) mass is 264 g/mol. The molecule has 106 valence electrons. The smallest absolute Gasteiger partial charge is 0.135 e. The van der Waals surface area contributed by atoms with Crippen LogP contribution < -0.4 is 11.1 Å². The molecule has 0 radical (unpaired) electrons. The second-order valence-corrected chi connectivity index (χ2v) is 5.53. The zero-order valence-corrected chi connectivity index (χ0v) is 12.1. The number of aromatic nitrogens is 2. The van der Waals surface area contributed by atoms with Crippen LogP contribution in [0.5, 0.6) is 0 Å². The summed E-state index contributed by atoms with van der Waals surface area (Å²) < 4.78 is 5.37. The maximum Gasteiger partial charge on any atom is 0.135 e. The Bertz CT molecular complexity index is 428. The van der Waals surface area contributed by atoms with Gasteiger partial charge in [-0.15, -0.1) is 0 Å². The summed E-state index contributed by atoms with van der Waals surface area (Å²) >= 11 is 0. The molecule has 1 aliphatic rings. The molecule has 1 saturated heterocycles. The van der Waals surface area contributed by atoms with Gasteiger partial charge in [0.2, 0.25) is 0 Å². The molecule has 2 rings (SSSR count). The number of ether oxygens (including phenoxy) is 1. The van der Waals surface area contributed by atoms with Crippen LogP contribution in [0.3, 0.4) is 0 Å². The van der Waals surface area contributed by atoms with Gasteiger partial charge in [-0.1, -0.05) is 13.8 Å². The fraction of sp³-hybridized carbons (Fsp3) is 0.714. The molecule has 2 heterocycles. The molecule has 5 heteroatoms. The zero-order chi connectivity index (χ0) is 13.8. The first-order valence-corrected chi connectivity index (χ1v) is 7.03. The van der Waals surface area contributed by atoms with Gasteiger partial charge in [-0.05, 0) is 25.7 Å². The van der Waals surface area contributed by atoms with E-state index in [1.807, 2.05) is 6.92 Å². The van der Waals surface area contributed by atoms with Crippen molar-refractivity contribution in [2.45, 2.75) is 39.5 Å². The molecular formula is C14H24N4O. The summed E-state index contributed by atoms with van der Waals surface area (Å²) in [5.41, 5.74) is 6.90. The lowest BCUT2D eigenvalue weighted by atomic mass is 10.0. The van der Waals surface area contributed by atoms with Crippen LogP contribution in [-0.2, 0) is 4.74 Å². The van der Waals surface area contributed by atoms with Crippen LogP contribution in [0.15, 0.2) is 0 Å². The fourth-order valence-corrected chi connectivity index (χ4v) is 2.17. The number of nitrogens with zero attached hydrogens (tertiary/aromatic N) is 2. The van der Waals surface area contributed by atoms with Crippen molar-refractivity contribution in [1.82, 2.24) is 9.97 Å². The number of anilines is 2. The van der Waals surface area contributed by atoms with Gasteiger partial charge in [0, 0.05) is 31.2 Å². The van der Waals surface area contributed by atoms with Crippen molar-refractivity contribution in [2.75, 3.05) is 30.8 Å². The van der Waals surface area contributed by atoms with Crippen molar-refractivity contribution in [2.24, 2.45) is 5.92 Å². The third-order valence-electron chi connectivity index (χ3n) is 3.62. The summed E-state index contributed by atoms with van der Waals surface area (Å²) in [6, 6.07) is 0. The van der Waals surface area contributed by atoms with Crippen molar-refractivity contribution in [3.05, 3.63) is 11.4 Å². The van der Waals surface area contributed by atoms with Gasteiger partial charge < -0.3 is 15.8 Å². The van der Waals surface area contributed by atoms with Gasteiger partial charge in [0.15, 0.2) is 0 Å². The number of rotatable bonds is 4. The van der Waals surface area contributed by atoms with E-state index in [1.54, 1.807) is 0 Å². The summed E-state index contributed by atoms with van der Waals surface area (Å²) in [7, 11) is 0. The molecule has 1 fully saturated rings. The molecule has 0 bridgehead atoms. The van der Waals surface area contributed by atoms with Gasteiger partial charge in [0.25, 0.3) is 0 Å². The minimum absolute atomic E-state index is 0.284. The zero-order valence-electron chi connectivity index (χ0n) is 12.1. The van der Waals surface area contributed by atoms with Crippen LogP contribution in [0.4, 0.5) is 11.6 Å². The molecule has 3 N–H and O–H groups in total. The third kappa shape index (κ3) is 3.56. The minimum Gasteiger partial charge on any atom is -0.383 e. The number of nitrogens with one attached hydrogen (secondary N) is 1. The van der Waals surface area contributed by atoms with E-state index in [9.17, 15) is 0 Å². The molecule has 0 saturated carbocycles. The van der Waals surface area contributed by atoms with Crippen LogP contribution in [-0.4, -0.2) is 29.7 Å². The molecule has 0 aromatic carbocycles. The highest BCUT2D eigenvalue weighted by atomic mass is 16.5. The topological polar surface area (TPSA) is 73.1 Å². The summed E-state index contributed by atoms with van der Waals surface area (Å²) in [6.45, 7) is 8.78. The molecule has 0 amide bonds. The average Bonchev–Trinajstić information content (AvgIpc) is 2.41. The lowest BCUT2D eigenvalue weighted by molar-refractivity contribution is 0.0699. The van der Waals surface area contributed by atoms with E-state index in [0.29, 0.717) is 11.7 Å². The second-order valence-electron chi connectivity index (χ2n) is 5.53. The van der Waals surface area contributed by atoms with E-state index < -0.39 is 0 Å². The molecular weight excluding hydrogens is 240 g/mol. The highest BCUT2D eigenvalue weighted by Crippen LogP contribution is 2.22. The highest BCUT2D eigenvalue weighted by Gasteiger charge is 2.16. The first-order valence-electron chi connectivity index (χ1n) is 7.03. The average molecular weight is 264 g/mol. The summed E-state index contributed by atoms with van der Waals surface area (Å²) in [5, 5.41) is 3.43. The van der Waals surface area contributed by atoms with Crippen molar-refractivity contribution >= 4 is 11.6 Å². The van der Waals surface area contributed by atoms with E-state index in [2.05, 4.69) is 29.1 Å². The standard InChI is InChI=1S/C14H24N4O/c1-9(2)13-17-12(15)10(3)14(18-13)16-8-11-4-6-19-7-5-11/h9,11H,4-8H2,1-3H3,(H3,15,16,17,18). The molecule has 19 heavy (non-hydrogen) atoms. The Hall–Kier alpha value is -1.36. The van der Waals surface area contributed by atoms with E-state index >= 15 is 0 Å². The fourth-order valence-electron chi connectivity index (χ4n) is 2.17. The van der Waals surface area contributed by atoms with Gasteiger partial charge >= 0.3 is 0 Å². The number of nitrogens with two attached hydrogens (primary N) is 1. The quantitative estimate of drug-likeness (QED) is 0.873. The molecule has 0 aliphatic carbocycles. The summed E-state index contributed by atoms with van der Waals surface area (Å²) in [4.78, 5) is 8.92. The van der Waals surface area contributed by atoms with E-state index in [1.165, 1.54) is 0 Å². The van der Waals surface area contributed by atoms with Crippen LogP contribution in [0, 0.1) is 12.8 Å². The van der Waals surface area contributed by atoms with Crippen molar-refractivity contribution in [3.8, 4) is 0 Å². The van der Waals surface area contributed by atoms with Crippen LogP contribution in [0.2, 0.25) is 0 Å². The Balaban J connectivity index is 2.05. The molecule has 1 aromatic heterocycles. The molecule has 0 atom stereocenters. The predicted octanol–water partition coefficient (Wildman–Crippen LogP) is 2.33. The maximum atomic E-state index is 5.96. The number of nitrogen functional groups attached to an aromatic ring is 1. The lowest BCUT2D eigenvalue weighted by Gasteiger charge is -2.23. The molecule has 0 unspecified atom stereocenters. The van der Waals surface area contributed by atoms with Crippen LogP contribution in [0.1, 0.15) is 44.0 Å². The van der Waals surface area contributed by atoms with Gasteiger partial charge in [-0.2, -0.15) is 0 Å². The van der Waals surface area contributed by atoms with E-state index in [0.717, 1.165) is 49.8 Å². The SMILES string of the molecule is Cc1c(N)nc(C(C)C)nc1NCC1CCOCC1. The van der Waals surface area contributed by atoms with Gasteiger partial charge in [0.05, 0.1) is 0 Å². The summed E-state index contributed by atoms with van der Waals surface area (Å²) in [6.07, 6.45) is 2.23. The van der Waals surface area contributed by atoms with Gasteiger partial charge in [0.1, 0.15) is 17.5 Å². The molecule has 5 nitrogen and oxygen atoms in total. The first-order chi connectivity index (χ1) is 9.08. The normalized spacial score (nSPS) is 16.8. The molecule has 0 spiro atoms. The second kappa shape index (κ2) is 6.19. The molecule has 1 aliphatic heterocycles. The Morgan fingerprint density at radius 1 is 1.32 bits per heavy atom. The largest absolute Gasteiger partial charge is 0.383 e. The number of hydrogen-bond acceptors (Lipinski definition) is 5. The Morgan fingerprint density at radius 3 is 2.63 bits per heavy atom. The van der Waals surface area contributed by atoms with E-state index in [-0.39, 0.29) is 5.92 Å². The van der Waals surface area contributed by atoms with Crippen molar-refractivity contribution < 1.29 is 4.74 Å². The van der Waals surface area contributed by atoms with Gasteiger partial charge in [-0.25, -0.2) is 9.97 Å². The summed E-state index contributed by atoms with van der Waals surface area (Å²) in [5.74, 6) is 3.20.